The maximum absolute atomic E-state index is 14.0. The van der Waals surface area contributed by atoms with Gasteiger partial charge in [0.15, 0.2) is 11.7 Å². The van der Waals surface area contributed by atoms with Gasteiger partial charge in [0.05, 0.1) is 19.8 Å². The Hall–Kier alpha value is -2.14. The standard InChI is InChI=1S/C21H24F2O3/c1-3-14-4-10-18(26-12-14)15-5-8-17(9-6-15)25-13-16-7-11-19(24-2)21(23)20(16)22/h3,5-6,8-9,14,18H,1,4,7,10-13H2,2H3. The van der Waals surface area contributed by atoms with Crippen molar-refractivity contribution >= 4 is 0 Å². The van der Waals surface area contributed by atoms with Crippen LogP contribution in [0.25, 0.3) is 0 Å². The molecule has 5 heteroatoms. The summed E-state index contributed by atoms with van der Waals surface area (Å²) in [6.07, 6.45) is 4.80. The van der Waals surface area contributed by atoms with Crippen LogP contribution < -0.4 is 4.74 Å². The Kier molecular flexibility index (Phi) is 6.09. The van der Waals surface area contributed by atoms with Crippen molar-refractivity contribution in [2.24, 2.45) is 5.92 Å². The molecule has 2 aliphatic rings. The first-order valence-corrected chi connectivity index (χ1v) is 8.89. The van der Waals surface area contributed by atoms with Gasteiger partial charge in [0.2, 0.25) is 0 Å². The highest BCUT2D eigenvalue weighted by atomic mass is 19.2. The van der Waals surface area contributed by atoms with Gasteiger partial charge in [0.1, 0.15) is 18.1 Å². The molecule has 0 N–H and O–H groups in total. The fourth-order valence-corrected chi connectivity index (χ4v) is 3.26. The number of halogens is 2. The van der Waals surface area contributed by atoms with Crippen molar-refractivity contribution in [3.8, 4) is 5.75 Å². The predicted molar refractivity (Wildman–Crippen MR) is 96.1 cm³/mol. The molecule has 0 saturated carbocycles. The fourth-order valence-electron chi connectivity index (χ4n) is 3.26. The van der Waals surface area contributed by atoms with Crippen molar-refractivity contribution in [3.05, 3.63) is 65.5 Å². The number of benzene rings is 1. The molecule has 1 aliphatic heterocycles. The Morgan fingerprint density at radius 2 is 1.92 bits per heavy atom. The molecule has 0 amide bonds. The number of methoxy groups -OCH3 is 1. The normalized spacial score (nSPS) is 23.8. The van der Waals surface area contributed by atoms with Crippen molar-refractivity contribution in [3.63, 3.8) is 0 Å². The molecule has 140 valence electrons. The highest BCUT2D eigenvalue weighted by Crippen LogP contribution is 2.34. The average Bonchev–Trinajstić information content (AvgIpc) is 2.70. The molecule has 3 nitrogen and oxygen atoms in total. The lowest BCUT2D eigenvalue weighted by Gasteiger charge is -2.27. The zero-order chi connectivity index (χ0) is 18.5. The maximum Gasteiger partial charge on any atom is 0.196 e. The molecule has 0 bridgehead atoms. The number of allylic oxidation sites excluding steroid dienone is 3. The predicted octanol–water partition coefficient (Wildman–Crippen LogP) is 5.56. The van der Waals surface area contributed by atoms with Gasteiger partial charge in [-0.05, 0) is 37.0 Å². The van der Waals surface area contributed by atoms with Gasteiger partial charge in [-0.2, -0.15) is 0 Å². The summed E-state index contributed by atoms with van der Waals surface area (Å²) in [6.45, 7) is 4.53. The van der Waals surface area contributed by atoms with E-state index in [2.05, 4.69) is 6.58 Å². The van der Waals surface area contributed by atoms with E-state index in [-0.39, 0.29) is 18.5 Å². The summed E-state index contributed by atoms with van der Waals surface area (Å²) in [6, 6.07) is 7.60. The van der Waals surface area contributed by atoms with E-state index in [1.807, 2.05) is 30.3 Å². The molecule has 2 atom stereocenters. The molecular formula is C21H24F2O3. The summed E-state index contributed by atoms with van der Waals surface area (Å²) in [4.78, 5) is 0. The summed E-state index contributed by atoms with van der Waals surface area (Å²) in [5.74, 6) is -0.671. The number of hydrogen-bond acceptors (Lipinski definition) is 3. The van der Waals surface area contributed by atoms with E-state index in [1.165, 1.54) is 7.11 Å². The molecule has 0 aromatic heterocycles. The van der Waals surface area contributed by atoms with Crippen molar-refractivity contribution in [1.29, 1.82) is 0 Å². The molecule has 0 spiro atoms. The lowest BCUT2D eigenvalue weighted by molar-refractivity contribution is -0.00516. The van der Waals surface area contributed by atoms with Gasteiger partial charge in [-0.15, -0.1) is 6.58 Å². The Balaban J connectivity index is 1.58. The van der Waals surface area contributed by atoms with Crippen LogP contribution >= 0.6 is 0 Å². The summed E-state index contributed by atoms with van der Waals surface area (Å²) >= 11 is 0. The van der Waals surface area contributed by atoms with Gasteiger partial charge in [-0.1, -0.05) is 18.2 Å². The molecule has 2 unspecified atom stereocenters. The van der Waals surface area contributed by atoms with Crippen molar-refractivity contribution < 1.29 is 23.0 Å². The van der Waals surface area contributed by atoms with Gasteiger partial charge in [-0.25, -0.2) is 8.78 Å². The van der Waals surface area contributed by atoms with E-state index < -0.39 is 11.7 Å². The van der Waals surface area contributed by atoms with Crippen molar-refractivity contribution in [2.45, 2.75) is 31.8 Å². The monoisotopic (exact) mass is 362 g/mol. The van der Waals surface area contributed by atoms with Crippen molar-refractivity contribution in [1.82, 2.24) is 0 Å². The Labute approximate surface area is 152 Å². The van der Waals surface area contributed by atoms with Crippen LogP contribution in [0.2, 0.25) is 0 Å². The summed E-state index contributed by atoms with van der Waals surface area (Å²) in [5.41, 5.74) is 1.42. The van der Waals surface area contributed by atoms with Crippen molar-refractivity contribution in [2.75, 3.05) is 20.3 Å². The molecule has 1 aromatic rings. The lowest BCUT2D eigenvalue weighted by atomic mass is 9.95. The third-order valence-corrected chi connectivity index (χ3v) is 4.96. The number of hydrogen-bond donors (Lipinski definition) is 0. The quantitative estimate of drug-likeness (QED) is 0.620. The molecule has 1 fully saturated rings. The second-order valence-corrected chi connectivity index (χ2v) is 6.61. The number of rotatable bonds is 6. The van der Waals surface area contributed by atoms with Crippen LogP contribution in [-0.2, 0) is 9.47 Å². The first kappa shape index (κ1) is 18.6. The van der Waals surface area contributed by atoms with E-state index in [0.717, 1.165) is 18.4 Å². The average molecular weight is 362 g/mol. The van der Waals surface area contributed by atoms with Gasteiger partial charge in [-0.3, -0.25) is 0 Å². The second-order valence-electron chi connectivity index (χ2n) is 6.61. The molecule has 1 aromatic carbocycles. The smallest absolute Gasteiger partial charge is 0.196 e. The molecule has 0 radical (unpaired) electrons. The molecule has 1 saturated heterocycles. The minimum atomic E-state index is -0.917. The maximum atomic E-state index is 14.0. The zero-order valence-electron chi connectivity index (χ0n) is 15.0. The van der Waals surface area contributed by atoms with Gasteiger partial charge >= 0.3 is 0 Å². The van der Waals surface area contributed by atoms with Gasteiger partial charge in [0.25, 0.3) is 0 Å². The number of ether oxygens (including phenoxy) is 3. The molecule has 3 rings (SSSR count). The highest BCUT2D eigenvalue weighted by Gasteiger charge is 2.24. The SMILES string of the molecule is C=CC1CCC(c2ccc(OCC3=C(F)C(F)=C(OC)CC3)cc2)OC1. The summed E-state index contributed by atoms with van der Waals surface area (Å²) in [5, 5.41) is 0. The Morgan fingerprint density at radius 3 is 2.54 bits per heavy atom. The molecule has 1 heterocycles. The van der Waals surface area contributed by atoms with E-state index in [1.54, 1.807) is 0 Å². The molecular weight excluding hydrogens is 338 g/mol. The molecule has 1 aliphatic carbocycles. The van der Waals surface area contributed by atoms with Crippen LogP contribution in [0, 0.1) is 5.92 Å². The Morgan fingerprint density at radius 1 is 1.15 bits per heavy atom. The van der Waals surface area contributed by atoms with Crippen LogP contribution in [0.15, 0.2) is 59.9 Å². The van der Waals surface area contributed by atoms with Crippen LogP contribution in [0.1, 0.15) is 37.4 Å². The van der Waals surface area contributed by atoms with Gasteiger partial charge < -0.3 is 14.2 Å². The van der Waals surface area contributed by atoms with E-state index in [4.69, 9.17) is 14.2 Å². The first-order chi connectivity index (χ1) is 12.6. The first-order valence-electron chi connectivity index (χ1n) is 8.89. The zero-order valence-corrected chi connectivity index (χ0v) is 15.0. The summed E-state index contributed by atoms with van der Waals surface area (Å²) < 4.78 is 44.1. The molecule has 26 heavy (non-hydrogen) atoms. The fraction of sp³-hybridized carbons (Fsp3) is 0.429. The van der Waals surface area contributed by atoms with E-state index in [9.17, 15) is 8.78 Å². The third-order valence-electron chi connectivity index (χ3n) is 4.96. The van der Waals surface area contributed by atoms with Gasteiger partial charge in [0, 0.05) is 17.9 Å². The minimum Gasteiger partial charge on any atom is -0.498 e. The van der Waals surface area contributed by atoms with E-state index >= 15 is 0 Å². The largest absolute Gasteiger partial charge is 0.498 e. The third kappa shape index (κ3) is 4.15. The lowest BCUT2D eigenvalue weighted by Crippen LogP contribution is -2.19. The second kappa shape index (κ2) is 8.49. The highest BCUT2D eigenvalue weighted by molar-refractivity contribution is 5.34. The Bertz CT molecular complexity index is 698. The van der Waals surface area contributed by atoms with Crippen LogP contribution in [0.5, 0.6) is 5.75 Å². The van der Waals surface area contributed by atoms with Crippen LogP contribution in [0.4, 0.5) is 8.78 Å². The topological polar surface area (TPSA) is 27.7 Å². The van der Waals surface area contributed by atoms with Crippen LogP contribution in [0.3, 0.4) is 0 Å². The van der Waals surface area contributed by atoms with Crippen LogP contribution in [-0.4, -0.2) is 20.3 Å². The summed E-state index contributed by atoms with van der Waals surface area (Å²) in [7, 11) is 1.35. The minimum absolute atomic E-state index is 0.0243. The van der Waals surface area contributed by atoms with E-state index in [0.29, 0.717) is 36.7 Å².